The predicted octanol–water partition coefficient (Wildman–Crippen LogP) is 1.12. The van der Waals surface area contributed by atoms with Gasteiger partial charge in [-0.3, -0.25) is 4.90 Å². The summed E-state index contributed by atoms with van der Waals surface area (Å²) in [6.45, 7) is 5.19. The first-order chi connectivity index (χ1) is 7.81. The summed E-state index contributed by atoms with van der Waals surface area (Å²) < 4.78 is 5.42. The summed E-state index contributed by atoms with van der Waals surface area (Å²) in [5.41, 5.74) is 6.96. The van der Waals surface area contributed by atoms with Crippen molar-refractivity contribution in [2.24, 2.45) is 5.92 Å². The van der Waals surface area contributed by atoms with E-state index in [2.05, 4.69) is 9.88 Å². The Kier molecular flexibility index (Phi) is 2.83. The molecule has 1 unspecified atom stereocenters. The Labute approximate surface area is 99.4 Å². The summed E-state index contributed by atoms with van der Waals surface area (Å²) in [6.07, 6.45) is 2.27. The number of rotatable bonds is 2. The number of fused-ring (bicyclic) bond motifs is 1. The molecule has 1 saturated heterocycles. The molecule has 0 aliphatic carbocycles. The van der Waals surface area contributed by atoms with Crippen LogP contribution in [0.3, 0.4) is 0 Å². The van der Waals surface area contributed by atoms with Crippen LogP contribution in [0.25, 0.3) is 0 Å². The molecule has 0 saturated carbocycles. The maximum Gasteiger partial charge on any atom is 0.180 e. The Bertz CT molecular complexity index is 373. The topological polar surface area (TPSA) is 51.4 Å². The maximum atomic E-state index is 5.74. The molecule has 0 bridgehead atoms. The van der Waals surface area contributed by atoms with Crippen molar-refractivity contribution in [2.75, 3.05) is 32.0 Å². The third-order valence-corrected chi connectivity index (χ3v) is 4.28. The van der Waals surface area contributed by atoms with E-state index in [0.29, 0.717) is 0 Å². The molecule has 0 radical (unpaired) electrons. The van der Waals surface area contributed by atoms with Gasteiger partial charge in [0, 0.05) is 37.5 Å². The SMILES string of the molecule is Nc1nc2c(s1)CN(CC1CCOC1)CC2. The Morgan fingerprint density at radius 2 is 2.50 bits per heavy atom. The number of hydrogen-bond donors (Lipinski definition) is 1. The van der Waals surface area contributed by atoms with E-state index in [4.69, 9.17) is 10.5 Å². The van der Waals surface area contributed by atoms with Gasteiger partial charge in [-0.05, 0) is 12.3 Å². The largest absolute Gasteiger partial charge is 0.381 e. The Morgan fingerprint density at radius 1 is 1.56 bits per heavy atom. The second-order valence-corrected chi connectivity index (χ2v) is 5.75. The van der Waals surface area contributed by atoms with Gasteiger partial charge in [0.05, 0.1) is 12.3 Å². The fourth-order valence-corrected chi connectivity index (χ4v) is 3.44. The number of nitrogens with two attached hydrogens (primary N) is 1. The van der Waals surface area contributed by atoms with E-state index >= 15 is 0 Å². The van der Waals surface area contributed by atoms with Gasteiger partial charge >= 0.3 is 0 Å². The van der Waals surface area contributed by atoms with Crippen molar-refractivity contribution in [1.82, 2.24) is 9.88 Å². The smallest absolute Gasteiger partial charge is 0.180 e. The van der Waals surface area contributed by atoms with Gasteiger partial charge in [-0.25, -0.2) is 4.98 Å². The molecule has 3 rings (SSSR count). The minimum Gasteiger partial charge on any atom is -0.381 e. The highest BCUT2D eigenvalue weighted by Crippen LogP contribution is 2.27. The van der Waals surface area contributed by atoms with E-state index in [9.17, 15) is 0 Å². The normalized spacial score (nSPS) is 25.9. The van der Waals surface area contributed by atoms with E-state index in [-0.39, 0.29) is 0 Å². The summed E-state index contributed by atoms with van der Waals surface area (Å²) in [5.74, 6) is 0.729. The average Bonchev–Trinajstić information content (AvgIpc) is 2.85. The van der Waals surface area contributed by atoms with E-state index in [0.717, 1.165) is 50.3 Å². The zero-order chi connectivity index (χ0) is 11.0. The number of nitrogen functional groups attached to an aromatic ring is 1. The first-order valence-electron chi connectivity index (χ1n) is 5.85. The van der Waals surface area contributed by atoms with Crippen LogP contribution >= 0.6 is 11.3 Å². The molecule has 3 heterocycles. The van der Waals surface area contributed by atoms with Crippen molar-refractivity contribution in [3.63, 3.8) is 0 Å². The van der Waals surface area contributed by atoms with Crippen LogP contribution in [0.5, 0.6) is 0 Å². The van der Waals surface area contributed by atoms with Crippen LogP contribution < -0.4 is 5.73 Å². The van der Waals surface area contributed by atoms with Crippen LogP contribution in [-0.4, -0.2) is 36.2 Å². The van der Waals surface area contributed by atoms with E-state index in [1.807, 2.05) is 0 Å². The van der Waals surface area contributed by atoms with Gasteiger partial charge in [-0.1, -0.05) is 0 Å². The monoisotopic (exact) mass is 239 g/mol. The first-order valence-corrected chi connectivity index (χ1v) is 6.67. The lowest BCUT2D eigenvalue weighted by atomic mass is 10.1. The highest BCUT2D eigenvalue weighted by molar-refractivity contribution is 7.15. The second-order valence-electron chi connectivity index (χ2n) is 4.64. The molecule has 5 heteroatoms. The van der Waals surface area contributed by atoms with E-state index < -0.39 is 0 Å². The number of thiazole rings is 1. The molecule has 1 atom stereocenters. The molecule has 16 heavy (non-hydrogen) atoms. The number of ether oxygens (including phenoxy) is 1. The van der Waals surface area contributed by atoms with Gasteiger partial charge < -0.3 is 10.5 Å². The third-order valence-electron chi connectivity index (χ3n) is 3.37. The highest BCUT2D eigenvalue weighted by Gasteiger charge is 2.24. The van der Waals surface area contributed by atoms with Crippen LogP contribution in [-0.2, 0) is 17.7 Å². The average molecular weight is 239 g/mol. The van der Waals surface area contributed by atoms with Crippen molar-refractivity contribution in [1.29, 1.82) is 0 Å². The van der Waals surface area contributed by atoms with Crippen molar-refractivity contribution < 1.29 is 4.74 Å². The fourth-order valence-electron chi connectivity index (χ4n) is 2.52. The lowest BCUT2D eigenvalue weighted by Gasteiger charge is -2.27. The lowest BCUT2D eigenvalue weighted by molar-refractivity contribution is 0.162. The van der Waals surface area contributed by atoms with Crippen LogP contribution in [0.4, 0.5) is 5.13 Å². The van der Waals surface area contributed by atoms with Gasteiger partial charge in [0.15, 0.2) is 5.13 Å². The van der Waals surface area contributed by atoms with Crippen molar-refractivity contribution >= 4 is 16.5 Å². The van der Waals surface area contributed by atoms with Gasteiger partial charge in [-0.2, -0.15) is 0 Å². The lowest BCUT2D eigenvalue weighted by Crippen LogP contribution is -2.34. The molecule has 88 valence electrons. The summed E-state index contributed by atoms with van der Waals surface area (Å²) in [5, 5.41) is 0.719. The summed E-state index contributed by atoms with van der Waals surface area (Å²) in [6, 6.07) is 0. The van der Waals surface area contributed by atoms with Crippen molar-refractivity contribution in [2.45, 2.75) is 19.4 Å². The summed E-state index contributed by atoms with van der Waals surface area (Å²) in [4.78, 5) is 8.24. The van der Waals surface area contributed by atoms with Crippen LogP contribution in [0.2, 0.25) is 0 Å². The fraction of sp³-hybridized carbons (Fsp3) is 0.727. The van der Waals surface area contributed by atoms with Crippen LogP contribution in [0.15, 0.2) is 0 Å². The van der Waals surface area contributed by atoms with E-state index in [1.54, 1.807) is 11.3 Å². The molecule has 2 aliphatic rings. The third kappa shape index (κ3) is 2.07. The molecular formula is C11H17N3OS. The quantitative estimate of drug-likeness (QED) is 0.840. The number of aromatic nitrogens is 1. The van der Waals surface area contributed by atoms with Crippen molar-refractivity contribution in [3.05, 3.63) is 10.6 Å². The molecule has 1 aromatic rings. The van der Waals surface area contributed by atoms with Gasteiger partial charge in [0.1, 0.15) is 0 Å². The Balaban J connectivity index is 1.63. The molecule has 0 spiro atoms. The molecule has 4 nitrogen and oxygen atoms in total. The molecule has 1 aromatic heterocycles. The Hall–Kier alpha value is -0.650. The van der Waals surface area contributed by atoms with Gasteiger partial charge in [-0.15, -0.1) is 11.3 Å². The minimum absolute atomic E-state index is 0.719. The molecule has 1 fully saturated rings. The van der Waals surface area contributed by atoms with E-state index in [1.165, 1.54) is 17.0 Å². The molecular weight excluding hydrogens is 222 g/mol. The number of nitrogens with zero attached hydrogens (tertiary/aromatic N) is 2. The summed E-state index contributed by atoms with van der Waals surface area (Å²) in [7, 11) is 0. The minimum atomic E-state index is 0.719. The van der Waals surface area contributed by atoms with Crippen LogP contribution in [0.1, 0.15) is 17.0 Å². The summed E-state index contributed by atoms with van der Waals surface area (Å²) >= 11 is 1.65. The van der Waals surface area contributed by atoms with Crippen LogP contribution in [0, 0.1) is 5.92 Å². The number of hydrogen-bond acceptors (Lipinski definition) is 5. The zero-order valence-electron chi connectivity index (χ0n) is 9.32. The standard InChI is InChI=1S/C11H17N3OS/c12-11-13-9-1-3-14(6-10(9)16-11)5-8-2-4-15-7-8/h8H,1-7H2,(H2,12,13). The molecule has 2 aliphatic heterocycles. The van der Waals surface area contributed by atoms with Crippen molar-refractivity contribution in [3.8, 4) is 0 Å². The second kappa shape index (κ2) is 4.31. The molecule has 2 N–H and O–H groups in total. The predicted molar refractivity (Wildman–Crippen MR) is 64.4 cm³/mol. The maximum absolute atomic E-state index is 5.74. The van der Waals surface area contributed by atoms with Gasteiger partial charge in [0.2, 0.25) is 0 Å². The molecule has 0 amide bonds. The Morgan fingerprint density at radius 3 is 3.31 bits per heavy atom. The first kappa shape index (κ1) is 10.5. The highest BCUT2D eigenvalue weighted by atomic mass is 32.1. The molecule has 0 aromatic carbocycles. The zero-order valence-corrected chi connectivity index (χ0v) is 10.1. The number of anilines is 1. The van der Waals surface area contributed by atoms with Gasteiger partial charge in [0.25, 0.3) is 0 Å².